The van der Waals surface area contributed by atoms with Crippen LogP contribution in [0.3, 0.4) is 0 Å². The Balaban J connectivity index is 2.46. The Labute approximate surface area is 124 Å². The third-order valence-corrected chi connectivity index (χ3v) is 3.69. The Hall–Kier alpha value is -1.28. The van der Waals surface area contributed by atoms with Crippen LogP contribution >= 0.6 is 0 Å². The highest BCUT2D eigenvalue weighted by Crippen LogP contribution is 2.39. The van der Waals surface area contributed by atoms with Gasteiger partial charge in [-0.2, -0.15) is 13.2 Å². The van der Waals surface area contributed by atoms with E-state index in [2.05, 4.69) is 5.32 Å². The molecule has 2 nitrogen and oxygen atoms in total. The zero-order valence-corrected chi connectivity index (χ0v) is 11.6. The number of nitrogens with one attached hydrogen (secondary N) is 1. The van der Waals surface area contributed by atoms with E-state index in [1.54, 1.807) is 0 Å². The van der Waals surface area contributed by atoms with Crippen LogP contribution in [0.5, 0.6) is 0 Å². The second-order valence-corrected chi connectivity index (χ2v) is 5.13. The first-order chi connectivity index (χ1) is 10.3. The molecule has 1 aliphatic rings. The summed E-state index contributed by atoms with van der Waals surface area (Å²) >= 11 is 0. The molecule has 0 bridgehead atoms. The van der Waals surface area contributed by atoms with E-state index in [0.29, 0.717) is 26.2 Å². The molecule has 1 aliphatic heterocycles. The molecule has 0 aromatic heterocycles. The number of rotatable bonds is 4. The van der Waals surface area contributed by atoms with E-state index in [9.17, 15) is 26.3 Å². The fourth-order valence-electron chi connectivity index (χ4n) is 2.73. The first-order valence-corrected chi connectivity index (χ1v) is 6.89. The number of piperazine rings is 1. The highest BCUT2D eigenvalue weighted by atomic mass is 19.4. The lowest BCUT2D eigenvalue weighted by atomic mass is 9.95. The normalized spacial score (nSPS) is 18.7. The van der Waals surface area contributed by atoms with E-state index < -0.39 is 42.0 Å². The van der Waals surface area contributed by atoms with E-state index >= 15 is 0 Å². The van der Waals surface area contributed by atoms with Gasteiger partial charge in [-0.1, -0.05) is 6.07 Å². The molecule has 8 heteroatoms. The Kier molecular flexibility index (Phi) is 5.33. The summed E-state index contributed by atoms with van der Waals surface area (Å²) in [6.45, 7) is 1.52. The van der Waals surface area contributed by atoms with Crippen LogP contribution in [-0.4, -0.2) is 37.5 Å². The lowest BCUT2D eigenvalue weighted by Gasteiger charge is -2.36. The van der Waals surface area contributed by atoms with E-state index in [1.807, 2.05) is 0 Å². The summed E-state index contributed by atoms with van der Waals surface area (Å²) in [5, 5.41) is 2.99. The molecule has 1 atom stereocenters. The van der Waals surface area contributed by atoms with Crippen molar-refractivity contribution in [3.63, 3.8) is 0 Å². The Morgan fingerprint density at radius 1 is 1.14 bits per heavy atom. The topological polar surface area (TPSA) is 15.3 Å². The summed E-state index contributed by atoms with van der Waals surface area (Å²) in [5.74, 6) is -1.10. The maximum Gasteiger partial charge on any atom is 0.416 e. The van der Waals surface area contributed by atoms with Gasteiger partial charge in [-0.15, -0.1) is 0 Å². The van der Waals surface area contributed by atoms with Crippen LogP contribution in [0.15, 0.2) is 18.2 Å². The van der Waals surface area contributed by atoms with Crippen molar-refractivity contribution < 1.29 is 26.3 Å². The van der Waals surface area contributed by atoms with E-state index in [-0.39, 0.29) is 0 Å². The van der Waals surface area contributed by atoms with Crippen molar-refractivity contribution in [2.75, 3.05) is 26.2 Å². The molecule has 1 heterocycles. The van der Waals surface area contributed by atoms with Gasteiger partial charge < -0.3 is 5.32 Å². The molecule has 0 aliphatic carbocycles. The SMILES string of the molecule is Fc1cccc(C(F)(F)F)c1[C@@H](CC(F)F)N1CCNCC1. The van der Waals surface area contributed by atoms with Crippen LogP contribution in [0.4, 0.5) is 26.3 Å². The van der Waals surface area contributed by atoms with Gasteiger partial charge in [-0.3, -0.25) is 4.90 Å². The largest absolute Gasteiger partial charge is 0.416 e. The van der Waals surface area contributed by atoms with Gasteiger partial charge >= 0.3 is 6.18 Å². The van der Waals surface area contributed by atoms with Gasteiger partial charge in [0, 0.05) is 44.2 Å². The quantitative estimate of drug-likeness (QED) is 0.853. The number of alkyl halides is 5. The van der Waals surface area contributed by atoms with Gasteiger partial charge in [-0.05, 0) is 12.1 Å². The van der Waals surface area contributed by atoms with E-state index in [0.717, 1.165) is 18.2 Å². The molecule has 0 amide bonds. The fourth-order valence-corrected chi connectivity index (χ4v) is 2.73. The molecular weight excluding hydrogens is 310 g/mol. The Bertz CT molecular complexity index is 497. The predicted molar refractivity (Wildman–Crippen MR) is 69.2 cm³/mol. The van der Waals surface area contributed by atoms with Crippen molar-refractivity contribution in [3.05, 3.63) is 35.1 Å². The third kappa shape index (κ3) is 3.92. The van der Waals surface area contributed by atoms with E-state index in [1.165, 1.54) is 4.90 Å². The van der Waals surface area contributed by atoms with Gasteiger partial charge in [0.15, 0.2) is 0 Å². The van der Waals surface area contributed by atoms with Crippen LogP contribution in [0.25, 0.3) is 0 Å². The van der Waals surface area contributed by atoms with E-state index in [4.69, 9.17) is 0 Å². The number of halogens is 6. The van der Waals surface area contributed by atoms with Gasteiger partial charge in [0.05, 0.1) is 5.56 Å². The van der Waals surface area contributed by atoms with Crippen molar-refractivity contribution in [3.8, 4) is 0 Å². The second-order valence-electron chi connectivity index (χ2n) is 5.13. The maximum atomic E-state index is 14.0. The molecular formula is C14H16F6N2. The van der Waals surface area contributed by atoms with Crippen molar-refractivity contribution in [2.45, 2.75) is 25.1 Å². The average Bonchev–Trinajstić information content (AvgIpc) is 2.44. The van der Waals surface area contributed by atoms with Gasteiger partial charge in [0.2, 0.25) is 6.43 Å². The highest BCUT2D eigenvalue weighted by molar-refractivity contribution is 5.34. The number of hydrogen-bond acceptors (Lipinski definition) is 2. The molecule has 2 rings (SSSR count). The van der Waals surface area contributed by atoms with Crippen molar-refractivity contribution >= 4 is 0 Å². The Morgan fingerprint density at radius 3 is 2.32 bits per heavy atom. The molecule has 1 saturated heterocycles. The molecule has 0 spiro atoms. The summed E-state index contributed by atoms with van der Waals surface area (Å²) < 4.78 is 79.1. The standard InChI is InChI=1S/C14H16F6N2/c15-10-3-1-2-9(14(18,19)20)13(10)11(8-12(16)17)22-6-4-21-5-7-22/h1-3,11-12,21H,4-8H2/t11-/m1/s1. The minimum atomic E-state index is -4.79. The number of nitrogens with zero attached hydrogens (tertiary/aromatic N) is 1. The monoisotopic (exact) mass is 326 g/mol. The van der Waals surface area contributed by atoms with Gasteiger partial charge in [0.25, 0.3) is 0 Å². The van der Waals surface area contributed by atoms with Gasteiger partial charge in [0.1, 0.15) is 5.82 Å². The van der Waals surface area contributed by atoms with Crippen molar-refractivity contribution in [1.82, 2.24) is 10.2 Å². The summed E-state index contributed by atoms with van der Waals surface area (Å²) in [6, 6.07) is 1.27. The van der Waals surface area contributed by atoms with Crippen LogP contribution in [-0.2, 0) is 6.18 Å². The molecule has 1 fully saturated rings. The number of benzene rings is 1. The lowest BCUT2D eigenvalue weighted by Crippen LogP contribution is -2.46. The smallest absolute Gasteiger partial charge is 0.314 e. The molecule has 0 radical (unpaired) electrons. The minimum absolute atomic E-state index is 0.295. The number of hydrogen-bond donors (Lipinski definition) is 1. The molecule has 1 N–H and O–H groups in total. The maximum absolute atomic E-state index is 14.0. The molecule has 1 aromatic carbocycles. The Morgan fingerprint density at radius 2 is 1.77 bits per heavy atom. The van der Waals surface area contributed by atoms with Crippen molar-refractivity contribution in [1.29, 1.82) is 0 Å². The first-order valence-electron chi connectivity index (χ1n) is 6.89. The molecule has 22 heavy (non-hydrogen) atoms. The van der Waals surface area contributed by atoms with Crippen LogP contribution < -0.4 is 5.32 Å². The lowest BCUT2D eigenvalue weighted by molar-refractivity contribution is -0.139. The summed E-state index contributed by atoms with van der Waals surface area (Å²) in [4.78, 5) is 1.48. The highest BCUT2D eigenvalue weighted by Gasteiger charge is 2.39. The molecule has 0 saturated carbocycles. The minimum Gasteiger partial charge on any atom is -0.314 e. The van der Waals surface area contributed by atoms with Crippen LogP contribution in [0.1, 0.15) is 23.6 Å². The zero-order valence-electron chi connectivity index (χ0n) is 11.6. The van der Waals surface area contributed by atoms with Crippen LogP contribution in [0, 0.1) is 5.82 Å². The summed E-state index contributed by atoms with van der Waals surface area (Å²) in [6.07, 6.45) is -8.43. The third-order valence-electron chi connectivity index (χ3n) is 3.69. The van der Waals surface area contributed by atoms with Crippen LogP contribution in [0.2, 0.25) is 0 Å². The summed E-state index contributed by atoms with van der Waals surface area (Å²) in [7, 11) is 0. The first kappa shape index (κ1) is 17.1. The van der Waals surface area contributed by atoms with Gasteiger partial charge in [-0.25, -0.2) is 13.2 Å². The zero-order chi connectivity index (χ0) is 16.3. The summed E-state index contributed by atoms with van der Waals surface area (Å²) in [5.41, 5.74) is -1.87. The molecule has 124 valence electrons. The average molecular weight is 326 g/mol. The molecule has 1 aromatic rings. The predicted octanol–water partition coefficient (Wildman–Crippen LogP) is 3.45. The fraction of sp³-hybridized carbons (Fsp3) is 0.571. The molecule has 0 unspecified atom stereocenters. The second kappa shape index (κ2) is 6.87. The van der Waals surface area contributed by atoms with Crippen molar-refractivity contribution in [2.24, 2.45) is 0 Å².